The summed E-state index contributed by atoms with van der Waals surface area (Å²) in [6.07, 6.45) is 19.6. The second-order valence-corrected chi connectivity index (χ2v) is 10.0. The molecule has 154 valence electrons. The summed E-state index contributed by atoms with van der Waals surface area (Å²) < 4.78 is 5.32. The minimum atomic E-state index is 0.777. The van der Waals surface area contributed by atoms with Gasteiger partial charge in [-0.25, -0.2) is 0 Å². The molecule has 0 amide bonds. The summed E-state index contributed by atoms with van der Waals surface area (Å²) in [6.45, 7) is 3.91. The molecule has 0 saturated heterocycles. The van der Waals surface area contributed by atoms with Crippen LogP contribution < -0.4 is 4.74 Å². The number of hydrogen-bond acceptors (Lipinski definition) is 1. The van der Waals surface area contributed by atoms with Gasteiger partial charge < -0.3 is 4.74 Å². The van der Waals surface area contributed by atoms with E-state index in [1.807, 2.05) is 0 Å². The molecular formula is C27H40O. The van der Waals surface area contributed by atoms with Crippen LogP contribution in [0.3, 0.4) is 0 Å². The smallest absolute Gasteiger partial charge is 0.118 e. The van der Waals surface area contributed by atoms with Crippen molar-refractivity contribution in [3.8, 4) is 5.75 Å². The summed E-state index contributed by atoms with van der Waals surface area (Å²) in [4.78, 5) is 0. The summed E-state index contributed by atoms with van der Waals surface area (Å²) in [5.41, 5.74) is 1.53. The van der Waals surface area contributed by atoms with Crippen LogP contribution in [0.2, 0.25) is 0 Å². The number of rotatable bonds is 6. The van der Waals surface area contributed by atoms with Gasteiger partial charge in [0.25, 0.3) is 0 Å². The summed E-state index contributed by atoms with van der Waals surface area (Å²) in [6, 6.07) is 8.85. The normalized spacial score (nSPS) is 35.8. The second kappa shape index (κ2) is 9.51. The van der Waals surface area contributed by atoms with Crippen LogP contribution in [0, 0.1) is 29.6 Å². The molecule has 0 aromatic heterocycles. The Morgan fingerprint density at radius 1 is 0.821 bits per heavy atom. The first-order valence-electron chi connectivity index (χ1n) is 12.0. The molecule has 0 bridgehead atoms. The molecule has 1 aromatic rings. The molecule has 3 saturated carbocycles. The van der Waals surface area contributed by atoms with E-state index < -0.39 is 0 Å². The van der Waals surface area contributed by atoms with Gasteiger partial charge in [0, 0.05) is 0 Å². The van der Waals surface area contributed by atoms with E-state index >= 15 is 0 Å². The molecular weight excluding hydrogens is 340 g/mol. The highest BCUT2D eigenvalue weighted by Gasteiger charge is 2.38. The Balaban J connectivity index is 1.25. The van der Waals surface area contributed by atoms with Crippen molar-refractivity contribution < 1.29 is 4.74 Å². The third kappa shape index (κ3) is 4.66. The summed E-state index contributed by atoms with van der Waals surface area (Å²) >= 11 is 0. The van der Waals surface area contributed by atoms with Gasteiger partial charge in [0.15, 0.2) is 0 Å². The fraction of sp³-hybridized carbons (Fsp3) is 0.704. The van der Waals surface area contributed by atoms with Crippen molar-refractivity contribution in [3.63, 3.8) is 0 Å². The van der Waals surface area contributed by atoms with Gasteiger partial charge in [0.2, 0.25) is 0 Å². The molecule has 4 unspecified atom stereocenters. The Bertz CT molecular complexity index is 610. The van der Waals surface area contributed by atoms with E-state index in [4.69, 9.17) is 4.74 Å². The van der Waals surface area contributed by atoms with Gasteiger partial charge in [-0.05, 0) is 124 Å². The molecule has 0 spiro atoms. The lowest BCUT2D eigenvalue weighted by Crippen LogP contribution is -2.34. The quantitative estimate of drug-likeness (QED) is 0.458. The monoisotopic (exact) mass is 380 g/mol. The van der Waals surface area contributed by atoms with Crippen molar-refractivity contribution in [2.75, 3.05) is 7.11 Å². The average Bonchev–Trinajstić information content (AvgIpc) is 2.77. The highest BCUT2D eigenvalue weighted by molar-refractivity contribution is 5.29. The first kappa shape index (κ1) is 20.0. The highest BCUT2D eigenvalue weighted by atomic mass is 16.5. The van der Waals surface area contributed by atoms with Crippen molar-refractivity contribution in [2.24, 2.45) is 29.6 Å². The van der Waals surface area contributed by atoms with E-state index in [2.05, 4.69) is 36.9 Å². The van der Waals surface area contributed by atoms with Crippen LogP contribution in [0.1, 0.15) is 88.5 Å². The van der Waals surface area contributed by atoms with E-state index in [0.29, 0.717) is 0 Å². The molecule has 28 heavy (non-hydrogen) atoms. The topological polar surface area (TPSA) is 9.23 Å². The van der Waals surface area contributed by atoms with Gasteiger partial charge in [-0.2, -0.15) is 0 Å². The Kier molecular flexibility index (Phi) is 6.81. The Morgan fingerprint density at radius 3 is 2.11 bits per heavy atom. The lowest BCUT2D eigenvalue weighted by atomic mass is 9.60. The lowest BCUT2D eigenvalue weighted by molar-refractivity contribution is 0.0621. The zero-order chi connectivity index (χ0) is 19.3. The standard InChI is InChI=1S/C27H40O/c1-3-4-5-20-6-7-26-19-25(13-12-24(26)18-20)23-10-8-21(9-11-23)22-14-16-27(28-2)17-15-22/h3,14-17,20-21,23-26H,1,4-13,18-19H2,2H3. The maximum atomic E-state index is 5.32. The Labute approximate surface area is 173 Å². The van der Waals surface area contributed by atoms with Gasteiger partial charge in [-0.15, -0.1) is 6.58 Å². The lowest BCUT2D eigenvalue weighted by Gasteiger charge is -2.45. The fourth-order valence-corrected chi connectivity index (χ4v) is 6.87. The molecule has 4 atom stereocenters. The van der Waals surface area contributed by atoms with Crippen LogP contribution in [-0.2, 0) is 0 Å². The zero-order valence-electron chi connectivity index (χ0n) is 18.0. The van der Waals surface area contributed by atoms with E-state index in [-0.39, 0.29) is 0 Å². The van der Waals surface area contributed by atoms with Crippen molar-refractivity contribution in [1.29, 1.82) is 0 Å². The molecule has 0 heterocycles. The molecule has 0 radical (unpaired) electrons. The summed E-state index contributed by atoms with van der Waals surface area (Å²) in [7, 11) is 1.75. The maximum absolute atomic E-state index is 5.32. The maximum Gasteiger partial charge on any atom is 0.118 e. The molecule has 4 rings (SSSR count). The Hall–Kier alpha value is -1.24. The molecule has 0 N–H and O–H groups in total. The number of allylic oxidation sites excluding steroid dienone is 1. The fourth-order valence-electron chi connectivity index (χ4n) is 6.87. The second-order valence-electron chi connectivity index (χ2n) is 10.0. The van der Waals surface area contributed by atoms with Gasteiger partial charge in [0.05, 0.1) is 7.11 Å². The summed E-state index contributed by atoms with van der Waals surface area (Å²) in [5.74, 6) is 6.90. The van der Waals surface area contributed by atoms with Crippen LogP contribution >= 0.6 is 0 Å². The largest absolute Gasteiger partial charge is 0.497 e. The van der Waals surface area contributed by atoms with Crippen molar-refractivity contribution >= 4 is 0 Å². The van der Waals surface area contributed by atoms with Crippen molar-refractivity contribution in [1.82, 2.24) is 0 Å². The zero-order valence-corrected chi connectivity index (χ0v) is 18.0. The van der Waals surface area contributed by atoms with Gasteiger partial charge >= 0.3 is 0 Å². The Morgan fingerprint density at radius 2 is 1.43 bits per heavy atom. The number of ether oxygens (including phenoxy) is 1. The van der Waals surface area contributed by atoms with Crippen LogP contribution in [0.5, 0.6) is 5.75 Å². The van der Waals surface area contributed by atoms with E-state index in [9.17, 15) is 0 Å². The first-order chi connectivity index (χ1) is 13.8. The average molecular weight is 381 g/mol. The molecule has 3 aliphatic carbocycles. The van der Waals surface area contributed by atoms with Crippen LogP contribution in [0.15, 0.2) is 36.9 Å². The molecule has 0 aliphatic heterocycles. The molecule has 3 fully saturated rings. The van der Waals surface area contributed by atoms with E-state index in [0.717, 1.165) is 41.3 Å². The molecule has 1 heteroatoms. The molecule has 1 aromatic carbocycles. The SMILES string of the molecule is C=CCCC1CCC2CC(C3CCC(c4ccc(OC)cc4)CC3)CCC2C1. The summed E-state index contributed by atoms with van der Waals surface area (Å²) in [5, 5.41) is 0. The van der Waals surface area contributed by atoms with Crippen molar-refractivity contribution in [2.45, 2.75) is 83.0 Å². The molecule has 3 aliphatic rings. The third-order valence-corrected chi connectivity index (χ3v) is 8.57. The predicted octanol–water partition coefficient (Wildman–Crippen LogP) is 7.77. The van der Waals surface area contributed by atoms with Gasteiger partial charge in [0.1, 0.15) is 5.75 Å². The first-order valence-corrected chi connectivity index (χ1v) is 12.0. The molecule has 1 nitrogen and oxygen atoms in total. The van der Waals surface area contributed by atoms with Crippen molar-refractivity contribution in [3.05, 3.63) is 42.5 Å². The van der Waals surface area contributed by atoms with Crippen LogP contribution in [0.25, 0.3) is 0 Å². The van der Waals surface area contributed by atoms with E-state index in [1.54, 1.807) is 13.5 Å². The number of fused-ring (bicyclic) bond motifs is 1. The third-order valence-electron chi connectivity index (χ3n) is 8.57. The number of methoxy groups -OCH3 is 1. The minimum Gasteiger partial charge on any atom is -0.497 e. The number of hydrogen-bond donors (Lipinski definition) is 0. The van der Waals surface area contributed by atoms with Gasteiger partial charge in [-0.3, -0.25) is 0 Å². The van der Waals surface area contributed by atoms with Crippen LogP contribution in [0.4, 0.5) is 0 Å². The van der Waals surface area contributed by atoms with Crippen LogP contribution in [-0.4, -0.2) is 7.11 Å². The number of benzene rings is 1. The van der Waals surface area contributed by atoms with Gasteiger partial charge in [-0.1, -0.05) is 24.6 Å². The highest BCUT2D eigenvalue weighted by Crippen LogP contribution is 2.50. The van der Waals surface area contributed by atoms with E-state index in [1.165, 1.54) is 76.2 Å². The minimum absolute atomic E-state index is 0.777. The predicted molar refractivity (Wildman–Crippen MR) is 119 cm³/mol.